The summed E-state index contributed by atoms with van der Waals surface area (Å²) in [4.78, 5) is 3.99. The normalized spacial score (nSPS) is 10.8. The molecule has 78 valence electrons. The zero-order valence-corrected chi connectivity index (χ0v) is 9.11. The molecule has 2 heterocycles. The van der Waals surface area contributed by atoms with Crippen molar-refractivity contribution >= 4 is 22.4 Å². The third-order valence-corrected chi connectivity index (χ3v) is 2.74. The molecule has 3 heteroatoms. The van der Waals surface area contributed by atoms with Crippen LogP contribution in [0.1, 0.15) is 0 Å². The second-order valence-electron chi connectivity index (χ2n) is 3.53. The van der Waals surface area contributed by atoms with E-state index in [9.17, 15) is 0 Å². The van der Waals surface area contributed by atoms with Crippen LogP contribution in [0.4, 0.5) is 0 Å². The van der Waals surface area contributed by atoms with Crippen molar-refractivity contribution < 1.29 is 4.42 Å². The van der Waals surface area contributed by atoms with Crippen molar-refractivity contribution in [3.8, 4) is 11.3 Å². The van der Waals surface area contributed by atoms with Crippen molar-refractivity contribution in [1.29, 1.82) is 0 Å². The molecule has 0 unspecified atom stereocenters. The van der Waals surface area contributed by atoms with E-state index >= 15 is 0 Å². The highest BCUT2D eigenvalue weighted by Gasteiger charge is 2.08. The summed E-state index contributed by atoms with van der Waals surface area (Å²) in [5.41, 5.74) is 1.01. The van der Waals surface area contributed by atoms with E-state index in [2.05, 4.69) is 4.98 Å². The van der Waals surface area contributed by atoms with Crippen LogP contribution in [0.2, 0.25) is 5.02 Å². The molecule has 0 bridgehead atoms. The number of furan rings is 1. The molecule has 2 aromatic heterocycles. The molecule has 0 aliphatic rings. The zero-order chi connectivity index (χ0) is 11.0. The molecule has 0 fully saturated rings. The van der Waals surface area contributed by atoms with E-state index < -0.39 is 0 Å². The van der Waals surface area contributed by atoms with E-state index in [4.69, 9.17) is 16.0 Å². The Labute approximate surface area is 97.5 Å². The minimum Gasteiger partial charge on any atom is -0.463 e. The van der Waals surface area contributed by atoms with Gasteiger partial charge in [0.25, 0.3) is 0 Å². The van der Waals surface area contributed by atoms with Gasteiger partial charge in [-0.15, -0.1) is 0 Å². The van der Waals surface area contributed by atoms with Crippen molar-refractivity contribution in [2.75, 3.05) is 0 Å². The molecule has 1 aromatic carbocycles. The monoisotopic (exact) mass is 229 g/mol. The molecule has 0 saturated carbocycles. The highest BCUT2D eigenvalue weighted by Crippen LogP contribution is 2.31. The molecule has 0 amide bonds. The lowest BCUT2D eigenvalue weighted by Gasteiger charge is -1.97. The summed E-state index contributed by atoms with van der Waals surface area (Å²) in [6.07, 6.45) is 5.23. The van der Waals surface area contributed by atoms with Crippen LogP contribution in [0.5, 0.6) is 0 Å². The SMILES string of the molecule is Clc1ccc2coc(-c3ccncc3)c2c1. The van der Waals surface area contributed by atoms with Crippen molar-refractivity contribution in [2.45, 2.75) is 0 Å². The fourth-order valence-corrected chi connectivity index (χ4v) is 1.91. The zero-order valence-electron chi connectivity index (χ0n) is 8.35. The molecule has 0 aliphatic heterocycles. The predicted octanol–water partition coefficient (Wildman–Crippen LogP) is 4.15. The Bertz CT molecular complexity index is 631. The number of hydrogen-bond donors (Lipinski definition) is 0. The van der Waals surface area contributed by atoms with Gasteiger partial charge in [-0.2, -0.15) is 0 Å². The lowest BCUT2D eigenvalue weighted by atomic mass is 10.1. The average Bonchev–Trinajstić information content (AvgIpc) is 2.73. The first-order valence-corrected chi connectivity index (χ1v) is 5.29. The second kappa shape index (κ2) is 3.65. The fraction of sp³-hybridized carbons (Fsp3) is 0. The Morgan fingerprint density at radius 1 is 1.06 bits per heavy atom. The summed E-state index contributed by atoms with van der Waals surface area (Å²) in [6.45, 7) is 0. The van der Waals surface area contributed by atoms with Gasteiger partial charge in [0.15, 0.2) is 0 Å². The van der Waals surface area contributed by atoms with Crippen LogP contribution in [0.3, 0.4) is 0 Å². The van der Waals surface area contributed by atoms with Crippen LogP contribution in [-0.4, -0.2) is 4.98 Å². The van der Waals surface area contributed by atoms with Gasteiger partial charge in [0, 0.05) is 33.8 Å². The van der Waals surface area contributed by atoms with Gasteiger partial charge in [-0.1, -0.05) is 11.6 Å². The van der Waals surface area contributed by atoms with E-state index in [0.29, 0.717) is 5.02 Å². The Morgan fingerprint density at radius 2 is 1.88 bits per heavy atom. The van der Waals surface area contributed by atoms with Crippen LogP contribution >= 0.6 is 11.6 Å². The maximum Gasteiger partial charge on any atom is 0.141 e. The van der Waals surface area contributed by atoms with Gasteiger partial charge < -0.3 is 4.42 Å². The largest absolute Gasteiger partial charge is 0.463 e. The number of fused-ring (bicyclic) bond motifs is 1. The predicted molar refractivity (Wildman–Crippen MR) is 64.5 cm³/mol. The Balaban J connectivity index is 2.29. The third-order valence-electron chi connectivity index (χ3n) is 2.51. The lowest BCUT2D eigenvalue weighted by Crippen LogP contribution is -1.76. The molecule has 3 aromatic rings. The van der Waals surface area contributed by atoms with Crippen molar-refractivity contribution in [3.05, 3.63) is 54.0 Å². The second-order valence-corrected chi connectivity index (χ2v) is 3.97. The molecule has 0 radical (unpaired) electrons. The Morgan fingerprint density at radius 3 is 2.69 bits per heavy atom. The third kappa shape index (κ3) is 1.48. The van der Waals surface area contributed by atoms with E-state index in [1.54, 1.807) is 18.7 Å². The van der Waals surface area contributed by atoms with Crippen LogP contribution in [0.15, 0.2) is 53.4 Å². The quantitative estimate of drug-likeness (QED) is 0.627. The number of pyridine rings is 1. The maximum atomic E-state index is 5.98. The summed E-state index contributed by atoms with van der Waals surface area (Å²) in [5.74, 6) is 0.833. The van der Waals surface area contributed by atoms with E-state index in [-0.39, 0.29) is 0 Å². The average molecular weight is 230 g/mol. The van der Waals surface area contributed by atoms with Crippen LogP contribution in [0.25, 0.3) is 22.1 Å². The van der Waals surface area contributed by atoms with Gasteiger partial charge in [-0.05, 0) is 30.3 Å². The molecule has 0 N–H and O–H groups in total. The Kier molecular flexibility index (Phi) is 2.15. The molecule has 0 atom stereocenters. The van der Waals surface area contributed by atoms with Gasteiger partial charge >= 0.3 is 0 Å². The van der Waals surface area contributed by atoms with Crippen LogP contribution in [0, 0.1) is 0 Å². The molecule has 0 saturated heterocycles. The summed E-state index contributed by atoms with van der Waals surface area (Å²) in [7, 11) is 0. The molecule has 0 spiro atoms. The molecule has 16 heavy (non-hydrogen) atoms. The first-order chi connectivity index (χ1) is 7.84. The highest BCUT2D eigenvalue weighted by atomic mass is 35.5. The van der Waals surface area contributed by atoms with Crippen LogP contribution in [-0.2, 0) is 0 Å². The Hall–Kier alpha value is -1.80. The van der Waals surface area contributed by atoms with Crippen molar-refractivity contribution in [2.24, 2.45) is 0 Å². The standard InChI is InChI=1S/C13H8ClNO/c14-11-2-1-10-8-16-13(12(10)7-11)9-3-5-15-6-4-9/h1-8H. The van der Waals surface area contributed by atoms with Crippen LogP contribution < -0.4 is 0 Å². The van der Waals surface area contributed by atoms with Crippen molar-refractivity contribution in [3.63, 3.8) is 0 Å². The topological polar surface area (TPSA) is 26.0 Å². The van der Waals surface area contributed by atoms with Gasteiger partial charge in [-0.25, -0.2) is 0 Å². The minimum atomic E-state index is 0.712. The van der Waals surface area contributed by atoms with E-state index in [0.717, 1.165) is 22.1 Å². The van der Waals surface area contributed by atoms with E-state index in [1.165, 1.54) is 0 Å². The van der Waals surface area contributed by atoms with Crippen molar-refractivity contribution in [1.82, 2.24) is 4.98 Å². The fourth-order valence-electron chi connectivity index (χ4n) is 1.74. The smallest absolute Gasteiger partial charge is 0.141 e. The summed E-state index contributed by atoms with van der Waals surface area (Å²) < 4.78 is 5.57. The number of rotatable bonds is 1. The summed E-state index contributed by atoms with van der Waals surface area (Å²) >= 11 is 5.98. The number of halogens is 1. The molecule has 3 rings (SSSR count). The minimum absolute atomic E-state index is 0.712. The summed E-state index contributed by atoms with van der Waals surface area (Å²) in [5, 5.41) is 2.79. The van der Waals surface area contributed by atoms with Gasteiger partial charge in [0.2, 0.25) is 0 Å². The molecule has 2 nitrogen and oxygen atoms in total. The summed E-state index contributed by atoms with van der Waals surface area (Å²) in [6, 6.07) is 9.55. The first-order valence-electron chi connectivity index (χ1n) is 4.92. The number of hydrogen-bond acceptors (Lipinski definition) is 2. The van der Waals surface area contributed by atoms with Gasteiger partial charge in [0.05, 0.1) is 6.26 Å². The number of nitrogens with zero attached hydrogens (tertiary/aromatic N) is 1. The highest BCUT2D eigenvalue weighted by molar-refractivity contribution is 6.31. The maximum absolute atomic E-state index is 5.98. The number of aromatic nitrogens is 1. The van der Waals surface area contributed by atoms with E-state index in [1.807, 2.05) is 30.3 Å². The lowest BCUT2D eigenvalue weighted by molar-refractivity contribution is 0.587. The molecular formula is C13H8ClNO. The first kappa shape index (κ1) is 9.43. The molecular weight excluding hydrogens is 222 g/mol. The van der Waals surface area contributed by atoms with Gasteiger partial charge in [0.1, 0.15) is 5.76 Å². The van der Waals surface area contributed by atoms with Gasteiger partial charge in [-0.3, -0.25) is 4.98 Å². The molecule has 0 aliphatic carbocycles. The number of benzene rings is 1.